The van der Waals surface area contributed by atoms with E-state index in [2.05, 4.69) is 12.2 Å². The number of hydrogen-bond donors (Lipinski definition) is 1. The third-order valence-corrected chi connectivity index (χ3v) is 3.06. The lowest BCUT2D eigenvalue weighted by Gasteiger charge is -2.09. The maximum Gasteiger partial charge on any atom is 0.124 e. The van der Waals surface area contributed by atoms with Crippen LogP contribution in [0.3, 0.4) is 0 Å². The normalized spacial score (nSPS) is 10.6. The number of furan rings is 1. The van der Waals surface area contributed by atoms with Crippen molar-refractivity contribution in [3.8, 4) is 11.5 Å². The van der Waals surface area contributed by atoms with E-state index < -0.39 is 0 Å². The van der Waals surface area contributed by atoms with Gasteiger partial charge in [0.25, 0.3) is 0 Å². The molecule has 0 radical (unpaired) electrons. The van der Waals surface area contributed by atoms with Crippen molar-refractivity contribution in [3.63, 3.8) is 0 Å². The topological polar surface area (TPSA) is 43.6 Å². The molecule has 114 valence electrons. The number of hydrogen-bond acceptors (Lipinski definition) is 4. The van der Waals surface area contributed by atoms with Gasteiger partial charge in [-0.15, -0.1) is 0 Å². The molecule has 0 unspecified atom stereocenters. The van der Waals surface area contributed by atoms with Crippen LogP contribution < -0.4 is 14.8 Å². The zero-order valence-corrected chi connectivity index (χ0v) is 12.7. The van der Waals surface area contributed by atoms with Gasteiger partial charge in [-0.05, 0) is 38.1 Å². The van der Waals surface area contributed by atoms with Crippen molar-refractivity contribution < 1.29 is 13.9 Å². The number of rotatable bonds is 9. The van der Waals surface area contributed by atoms with E-state index >= 15 is 0 Å². The standard InChI is InChI=1S/C17H23NO3/c1-3-9-18-12-17-14(8-10-20-17)13-21-16-7-5-6-15(11-16)19-4-2/h5-8,10-11,18H,3-4,9,12-13H2,1-2H3. The molecule has 1 aromatic heterocycles. The van der Waals surface area contributed by atoms with Crippen LogP contribution in [0.5, 0.6) is 11.5 Å². The summed E-state index contributed by atoms with van der Waals surface area (Å²) in [6.45, 7) is 6.97. The van der Waals surface area contributed by atoms with Gasteiger partial charge >= 0.3 is 0 Å². The maximum absolute atomic E-state index is 5.82. The van der Waals surface area contributed by atoms with Crippen LogP contribution in [0.4, 0.5) is 0 Å². The Morgan fingerprint density at radius 2 is 1.90 bits per heavy atom. The van der Waals surface area contributed by atoms with E-state index in [1.807, 2.05) is 37.3 Å². The summed E-state index contributed by atoms with van der Waals surface area (Å²) in [5.74, 6) is 2.56. The molecule has 0 aliphatic carbocycles. The Morgan fingerprint density at radius 1 is 1.10 bits per heavy atom. The summed E-state index contributed by atoms with van der Waals surface area (Å²) in [6.07, 6.45) is 2.81. The van der Waals surface area contributed by atoms with Crippen molar-refractivity contribution in [2.75, 3.05) is 13.2 Å². The molecule has 2 aromatic rings. The average Bonchev–Trinajstić information content (AvgIpc) is 2.94. The first-order chi connectivity index (χ1) is 10.3. The van der Waals surface area contributed by atoms with Gasteiger partial charge in [0.1, 0.15) is 23.9 Å². The second kappa shape index (κ2) is 8.37. The molecular weight excluding hydrogens is 266 g/mol. The minimum atomic E-state index is 0.495. The van der Waals surface area contributed by atoms with Crippen molar-refractivity contribution in [2.45, 2.75) is 33.4 Å². The van der Waals surface area contributed by atoms with Crippen molar-refractivity contribution in [3.05, 3.63) is 47.9 Å². The van der Waals surface area contributed by atoms with Gasteiger partial charge in [0.05, 0.1) is 19.4 Å². The SMILES string of the molecule is CCCNCc1occc1COc1cccc(OCC)c1. The van der Waals surface area contributed by atoms with Crippen LogP contribution in [0, 0.1) is 0 Å². The van der Waals surface area contributed by atoms with Gasteiger partial charge in [-0.1, -0.05) is 13.0 Å². The summed E-state index contributed by atoms with van der Waals surface area (Å²) in [4.78, 5) is 0. The Bertz CT molecular complexity index is 536. The minimum absolute atomic E-state index is 0.495. The summed E-state index contributed by atoms with van der Waals surface area (Å²) in [5.41, 5.74) is 1.07. The molecule has 0 fully saturated rings. The van der Waals surface area contributed by atoms with Gasteiger partial charge in [-0.25, -0.2) is 0 Å². The van der Waals surface area contributed by atoms with E-state index in [0.717, 1.165) is 42.3 Å². The Morgan fingerprint density at radius 3 is 2.67 bits per heavy atom. The third-order valence-electron chi connectivity index (χ3n) is 3.06. The minimum Gasteiger partial charge on any atom is -0.494 e. The fourth-order valence-electron chi connectivity index (χ4n) is 2.01. The zero-order chi connectivity index (χ0) is 14.9. The summed E-state index contributed by atoms with van der Waals surface area (Å²) in [7, 11) is 0. The Kier molecular flexibility index (Phi) is 6.16. The van der Waals surface area contributed by atoms with Crippen molar-refractivity contribution in [1.29, 1.82) is 0 Å². The highest BCUT2D eigenvalue weighted by Crippen LogP contribution is 2.21. The molecule has 21 heavy (non-hydrogen) atoms. The van der Waals surface area contributed by atoms with E-state index in [9.17, 15) is 0 Å². The van der Waals surface area contributed by atoms with Gasteiger partial charge in [-0.3, -0.25) is 0 Å². The lowest BCUT2D eigenvalue weighted by Crippen LogP contribution is -2.14. The highest BCUT2D eigenvalue weighted by atomic mass is 16.5. The molecule has 0 atom stereocenters. The molecule has 1 N–H and O–H groups in total. The van der Waals surface area contributed by atoms with Gasteiger partial charge in [0, 0.05) is 11.6 Å². The Hall–Kier alpha value is -1.94. The zero-order valence-electron chi connectivity index (χ0n) is 12.7. The van der Waals surface area contributed by atoms with E-state index in [1.54, 1.807) is 6.26 Å². The molecule has 0 aliphatic rings. The van der Waals surface area contributed by atoms with E-state index in [0.29, 0.717) is 13.2 Å². The maximum atomic E-state index is 5.82. The molecule has 0 spiro atoms. The van der Waals surface area contributed by atoms with Crippen molar-refractivity contribution in [2.24, 2.45) is 0 Å². The van der Waals surface area contributed by atoms with Crippen LogP contribution in [0.1, 0.15) is 31.6 Å². The summed E-state index contributed by atoms with van der Waals surface area (Å²) >= 11 is 0. The average molecular weight is 289 g/mol. The smallest absolute Gasteiger partial charge is 0.124 e. The Balaban J connectivity index is 1.90. The first-order valence-electron chi connectivity index (χ1n) is 7.45. The van der Waals surface area contributed by atoms with E-state index in [1.165, 1.54) is 0 Å². The van der Waals surface area contributed by atoms with Crippen LogP contribution in [0.25, 0.3) is 0 Å². The molecule has 4 heteroatoms. The molecule has 0 saturated heterocycles. The number of nitrogens with one attached hydrogen (secondary N) is 1. The number of benzene rings is 1. The first kappa shape index (κ1) is 15.4. The van der Waals surface area contributed by atoms with Crippen LogP contribution >= 0.6 is 0 Å². The monoisotopic (exact) mass is 289 g/mol. The first-order valence-corrected chi connectivity index (χ1v) is 7.45. The largest absolute Gasteiger partial charge is 0.494 e. The van der Waals surface area contributed by atoms with Gasteiger partial charge in [0.2, 0.25) is 0 Å². The third kappa shape index (κ3) is 4.83. The lowest BCUT2D eigenvalue weighted by atomic mass is 10.2. The second-order valence-electron chi connectivity index (χ2n) is 4.74. The van der Waals surface area contributed by atoms with Gasteiger partial charge in [0.15, 0.2) is 0 Å². The lowest BCUT2D eigenvalue weighted by molar-refractivity contribution is 0.295. The fraction of sp³-hybridized carbons (Fsp3) is 0.412. The van der Waals surface area contributed by atoms with Crippen LogP contribution in [-0.4, -0.2) is 13.2 Å². The van der Waals surface area contributed by atoms with Gasteiger partial charge in [-0.2, -0.15) is 0 Å². The van der Waals surface area contributed by atoms with Gasteiger partial charge < -0.3 is 19.2 Å². The number of ether oxygens (including phenoxy) is 2. The predicted molar refractivity (Wildman–Crippen MR) is 82.6 cm³/mol. The van der Waals surface area contributed by atoms with Crippen molar-refractivity contribution in [1.82, 2.24) is 5.32 Å². The Labute approximate surface area is 126 Å². The highest BCUT2D eigenvalue weighted by molar-refractivity contribution is 5.33. The van der Waals surface area contributed by atoms with E-state index in [4.69, 9.17) is 13.9 Å². The fourth-order valence-corrected chi connectivity index (χ4v) is 2.01. The molecule has 4 nitrogen and oxygen atoms in total. The molecule has 0 bridgehead atoms. The summed E-state index contributed by atoms with van der Waals surface area (Å²) in [6, 6.07) is 9.64. The van der Waals surface area contributed by atoms with E-state index in [-0.39, 0.29) is 0 Å². The molecule has 1 aromatic carbocycles. The second-order valence-corrected chi connectivity index (χ2v) is 4.74. The molecule has 0 saturated carbocycles. The molecular formula is C17H23NO3. The molecule has 0 amide bonds. The predicted octanol–water partition coefficient (Wildman–Crippen LogP) is 3.76. The van der Waals surface area contributed by atoms with Crippen LogP contribution in [0.15, 0.2) is 41.0 Å². The quantitative estimate of drug-likeness (QED) is 0.714. The molecule has 2 rings (SSSR count). The molecule has 0 aliphatic heterocycles. The van der Waals surface area contributed by atoms with Crippen molar-refractivity contribution >= 4 is 0 Å². The molecule has 1 heterocycles. The highest BCUT2D eigenvalue weighted by Gasteiger charge is 2.07. The summed E-state index contributed by atoms with van der Waals surface area (Å²) in [5, 5.41) is 3.33. The summed E-state index contributed by atoms with van der Waals surface area (Å²) < 4.78 is 16.8. The van der Waals surface area contributed by atoms with Crippen LogP contribution in [0.2, 0.25) is 0 Å². The van der Waals surface area contributed by atoms with Crippen LogP contribution in [-0.2, 0) is 13.2 Å².